The van der Waals surface area contributed by atoms with Crippen molar-refractivity contribution in [2.45, 2.75) is 96.9 Å². The summed E-state index contributed by atoms with van der Waals surface area (Å²) in [5, 5.41) is 0. The van der Waals surface area contributed by atoms with Crippen LogP contribution in [0.1, 0.15) is 96.9 Å². The molecular weight excluding hydrogens is 276 g/mol. The van der Waals surface area contributed by atoms with Crippen molar-refractivity contribution in [1.82, 2.24) is 0 Å². The van der Waals surface area contributed by atoms with E-state index < -0.39 is 0 Å². The van der Waals surface area contributed by atoms with Crippen molar-refractivity contribution in [3.63, 3.8) is 0 Å². The maximum Gasteiger partial charge on any atom is 0.000449 e. The van der Waals surface area contributed by atoms with Crippen LogP contribution in [0, 0.1) is 37.9 Å². The lowest BCUT2D eigenvalue weighted by Gasteiger charge is -2.69. The predicted octanol–water partition coefficient (Wildman–Crippen LogP) is 7.49. The molecular formula is C23H42. The molecule has 23 heavy (non-hydrogen) atoms. The summed E-state index contributed by atoms with van der Waals surface area (Å²) in [4.78, 5) is 0. The Labute approximate surface area is 146 Å². The van der Waals surface area contributed by atoms with E-state index in [0.717, 1.165) is 0 Å². The van der Waals surface area contributed by atoms with E-state index in [4.69, 9.17) is 0 Å². The Morgan fingerprint density at radius 3 is 1.22 bits per heavy atom. The Bertz CT molecular complexity index is 579. The molecule has 0 N–H and O–H groups in total. The van der Waals surface area contributed by atoms with Crippen LogP contribution in [0.5, 0.6) is 0 Å². The third kappa shape index (κ3) is 1.37. The average molecular weight is 319 g/mol. The summed E-state index contributed by atoms with van der Waals surface area (Å²) in [6.07, 6.45) is 0. The van der Waals surface area contributed by atoms with Gasteiger partial charge in [-0.15, -0.1) is 0 Å². The number of rotatable bonds is 0. The summed E-state index contributed by atoms with van der Waals surface area (Å²) < 4.78 is 0. The zero-order valence-electron chi connectivity index (χ0n) is 18.5. The number of hydrogen-bond donors (Lipinski definition) is 0. The van der Waals surface area contributed by atoms with Crippen molar-refractivity contribution < 1.29 is 0 Å². The van der Waals surface area contributed by atoms with E-state index >= 15 is 0 Å². The minimum atomic E-state index is 0.191. The van der Waals surface area contributed by atoms with Gasteiger partial charge in [-0.2, -0.15) is 0 Å². The third-order valence-electron chi connectivity index (χ3n) is 11.7. The van der Waals surface area contributed by atoms with Crippen LogP contribution in [0.2, 0.25) is 0 Å². The maximum absolute atomic E-state index is 2.61. The molecule has 0 aromatic heterocycles. The minimum Gasteiger partial charge on any atom is -0.0676 e. The highest BCUT2D eigenvalue weighted by Crippen LogP contribution is 2.87. The van der Waals surface area contributed by atoms with Gasteiger partial charge in [-0.25, -0.2) is 0 Å². The van der Waals surface area contributed by atoms with Crippen LogP contribution in [0.4, 0.5) is 0 Å². The second-order valence-corrected chi connectivity index (χ2v) is 11.6. The molecule has 0 heterocycles. The van der Waals surface area contributed by atoms with Gasteiger partial charge in [0, 0.05) is 5.41 Å². The van der Waals surface area contributed by atoms with Crippen LogP contribution in [0.15, 0.2) is 11.1 Å². The van der Waals surface area contributed by atoms with Gasteiger partial charge in [-0.1, -0.05) is 94.2 Å². The van der Waals surface area contributed by atoms with Gasteiger partial charge in [-0.05, 0) is 46.3 Å². The van der Waals surface area contributed by atoms with E-state index in [1.54, 1.807) is 11.1 Å². The fourth-order valence-electron chi connectivity index (χ4n) is 7.47. The lowest BCUT2D eigenvalue weighted by Crippen LogP contribution is -2.63. The van der Waals surface area contributed by atoms with Crippen molar-refractivity contribution in [1.29, 1.82) is 0 Å². The van der Waals surface area contributed by atoms with Crippen LogP contribution in [0.25, 0.3) is 0 Å². The molecule has 2 aliphatic carbocycles. The van der Waals surface area contributed by atoms with Gasteiger partial charge < -0.3 is 0 Å². The molecule has 134 valence electrons. The van der Waals surface area contributed by atoms with Crippen LogP contribution >= 0.6 is 0 Å². The van der Waals surface area contributed by atoms with Crippen LogP contribution < -0.4 is 0 Å². The maximum atomic E-state index is 2.61. The fraction of sp³-hybridized carbons (Fsp3) is 0.913. The van der Waals surface area contributed by atoms with E-state index in [-0.39, 0.29) is 37.9 Å². The van der Waals surface area contributed by atoms with Crippen molar-refractivity contribution in [3.05, 3.63) is 11.1 Å². The van der Waals surface area contributed by atoms with Crippen LogP contribution in [0.3, 0.4) is 0 Å². The van der Waals surface area contributed by atoms with E-state index in [9.17, 15) is 0 Å². The lowest BCUT2D eigenvalue weighted by atomic mass is 9.35. The standard InChI is InChI=1S/C23H42/c1-15-16(2)22(13)20(9,10)19(7,8)21(11,12)23(22,14)18(5,6)17(15,3)4/h1-14H3. The highest BCUT2D eigenvalue weighted by atomic mass is 14.8. The van der Waals surface area contributed by atoms with E-state index in [2.05, 4.69) is 96.9 Å². The zero-order chi connectivity index (χ0) is 18.7. The van der Waals surface area contributed by atoms with E-state index in [1.807, 2.05) is 0 Å². The van der Waals surface area contributed by atoms with Crippen LogP contribution in [-0.4, -0.2) is 0 Å². The molecule has 2 unspecified atom stereocenters. The Morgan fingerprint density at radius 1 is 0.435 bits per heavy atom. The summed E-state index contributed by atoms with van der Waals surface area (Å²) >= 11 is 0. The van der Waals surface area contributed by atoms with Crippen molar-refractivity contribution >= 4 is 0 Å². The van der Waals surface area contributed by atoms with Crippen molar-refractivity contribution in [3.8, 4) is 0 Å². The summed E-state index contributed by atoms with van der Waals surface area (Å²) in [5.41, 5.74) is 4.81. The fourth-order valence-corrected chi connectivity index (χ4v) is 7.47. The van der Waals surface area contributed by atoms with Crippen molar-refractivity contribution in [2.75, 3.05) is 0 Å². The molecule has 1 fully saturated rings. The molecule has 2 atom stereocenters. The van der Waals surface area contributed by atoms with Crippen LogP contribution in [-0.2, 0) is 0 Å². The largest absolute Gasteiger partial charge is 0.0676 e. The van der Waals surface area contributed by atoms with Gasteiger partial charge in [0.2, 0.25) is 0 Å². The van der Waals surface area contributed by atoms with Crippen molar-refractivity contribution in [2.24, 2.45) is 37.9 Å². The van der Waals surface area contributed by atoms with Gasteiger partial charge >= 0.3 is 0 Å². The van der Waals surface area contributed by atoms with Gasteiger partial charge in [-0.3, -0.25) is 0 Å². The molecule has 0 saturated heterocycles. The third-order valence-corrected chi connectivity index (χ3v) is 11.7. The van der Waals surface area contributed by atoms with E-state index in [1.165, 1.54) is 0 Å². The van der Waals surface area contributed by atoms with Gasteiger partial charge in [0.05, 0.1) is 0 Å². The molecule has 2 rings (SSSR count). The number of hydrogen-bond acceptors (Lipinski definition) is 0. The first-order valence-electron chi connectivity index (χ1n) is 9.50. The Morgan fingerprint density at radius 2 is 0.826 bits per heavy atom. The molecule has 0 radical (unpaired) electrons. The highest BCUT2D eigenvalue weighted by molar-refractivity contribution is 5.43. The normalized spacial score (nSPS) is 42.5. The first-order valence-corrected chi connectivity index (χ1v) is 9.50. The monoisotopic (exact) mass is 318 g/mol. The van der Waals surface area contributed by atoms with E-state index in [0.29, 0.717) is 0 Å². The topological polar surface area (TPSA) is 0 Å². The van der Waals surface area contributed by atoms with Gasteiger partial charge in [0.15, 0.2) is 0 Å². The molecule has 2 aliphatic rings. The second-order valence-electron chi connectivity index (χ2n) is 11.6. The molecule has 0 aliphatic heterocycles. The molecule has 0 nitrogen and oxygen atoms in total. The quantitative estimate of drug-likeness (QED) is 0.406. The molecule has 0 spiro atoms. The summed E-state index contributed by atoms with van der Waals surface area (Å²) in [5.74, 6) is 0. The molecule has 0 amide bonds. The zero-order valence-corrected chi connectivity index (χ0v) is 18.5. The highest BCUT2D eigenvalue weighted by Gasteiger charge is 2.81. The Balaban J connectivity index is 3.11. The molecule has 0 bridgehead atoms. The Hall–Kier alpha value is -0.260. The molecule has 1 saturated carbocycles. The Kier molecular flexibility index (Phi) is 3.40. The average Bonchev–Trinajstić information content (AvgIpc) is 2.46. The first-order chi connectivity index (χ1) is 9.82. The second kappa shape index (κ2) is 4.10. The summed E-state index contributed by atoms with van der Waals surface area (Å²) in [6, 6.07) is 0. The predicted molar refractivity (Wildman–Crippen MR) is 103 cm³/mol. The molecule has 0 aromatic rings. The van der Waals surface area contributed by atoms with Gasteiger partial charge in [0.25, 0.3) is 0 Å². The minimum absolute atomic E-state index is 0.191. The smallest absolute Gasteiger partial charge is 0.000449 e. The van der Waals surface area contributed by atoms with Gasteiger partial charge in [0.1, 0.15) is 0 Å². The lowest BCUT2D eigenvalue weighted by molar-refractivity contribution is -0.157. The number of fused-ring (bicyclic) bond motifs is 1. The molecule has 0 aromatic carbocycles. The molecule has 0 heteroatoms. The first kappa shape index (κ1) is 19.1. The number of allylic oxidation sites excluding steroid dienone is 2. The SMILES string of the molecule is CC1=C(C)C2(C)C(C)(C)C(C)(C)C(C)(C)C2(C)C(C)(C)C1(C)C. The summed E-state index contributed by atoms with van der Waals surface area (Å²) in [6.45, 7) is 35.3. The summed E-state index contributed by atoms with van der Waals surface area (Å²) in [7, 11) is 0.